The fraction of sp³-hybridized carbons (Fsp3) is 0.950. The monoisotopic (exact) mass is 312 g/mol. The van der Waals surface area contributed by atoms with E-state index >= 15 is 0 Å². The first-order valence-corrected chi connectivity index (χ1v) is 10.1. The van der Waals surface area contributed by atoms with Crippen LogP contribution in [-0.2, 0) is 0 Å². The largest absolute Gasteiger partial charge is 0.375 e. The number of unbranched alkanes of at least 4 members (excludes halogenated alkanes) is 5. The van der Waals surface area contributed by atoms with Gasteiger partial charge in [-0.25, -0.2) is 0 Å². The van der Waals surface area contributed by atoms with Crippen LogP contribution in [0.25, 0.3) is 0 Å². The zero-order valence-electron chi connectivity index (χ0n) is 14.1. The molecule has 2 heterocycles. The second kappa shape index (κ2) is 3.97. The van der Waals surface area contributed by atoms with Crippen LogP contribution in [0.15, 0.2) is 0 Å². The summed E-state index contributed by atoms with van der Waals surface area (Å²) in [7, 11) is 0. The molecule has 7 aliphatic rings. The highest BCUT2D eigenvalue weighted by Gasteiger charge is 2.98. The Morgan fingerprint density at radius 2 is 1.70 bits per heavy atom. The Hall–Kier alpha value is -0.590. The van der Waals surface area contributed by atoms with Crippen molar-refractivity contribution in [3.05, 3.63) is 0 Å². The van der Waals surface area contributed by atoms with E-state index in [0.29, 0.717) is 23.7 Å². The molecule has 10 unspecified atom stereocenters. The van der Waals surface area contributed by atoms with E-state index in [4.69, 9.17) is 0 Å². The summed E-state index contributed by atoms with van der Waals surface area (Å²) in [4.78, 5) is 2.37. The van der Waals surface area contributed by atoms with Gasteiger partial charge in [0.1, 0.15) is 11.3 Å². The highest BCUT2D eigenvalue weighted by molar-refractivity contribution is 5.49. The van der Waals surface area contributed by atoms with Gasteiger partial charge in [-0.3, -0.25) is 4.90 Å². The number of hydrogen-bond acceptors (Lipinski definition) is 3. The number of nitrogens with zero attached hydrogens (tertiary/aromatic N) is 2. The Morgan fingerprint density at radius 1 is 1.00 bits per heavy atom. The molecule has 5 aliphatic carbocycles. The quantitative estimate of drug-likeness (QED) is 0.735. The van der Waals surface area contributed by atoms with Gasteiger partial charge in [0.25, 0.3) is 0 Å². The van der Waals surface area contributed by atoms with E-state index < -0.39 is 5.72 Å². The van der Waals surface area contributed by atoms with Crippen molar-refractivity contribution in [3.63, 3.8) is 0 Å². The minimum Gasteiger partial charge on any atom is -0.375 e. The Morgan fingerprint density at radius 3 is 2.48 bits per heavy atom. The van der Waals surface area contributed by atoms with Crippen molar-refractivity contribution < 1.29 is 5.11 Å². The van der Waals surface area contributed by atoms with Crippen LogP contribution in [-0.4, -0.2) is 27.8 Å². The third-order valence-corrected chi connectivity index (χ3v) is 9.29. The van der Waals surface area contributed by atoms with Crippen molar-refractivity contribution in [2.45, 2.75) is 63.1 Å². The molecule has 1 N–H and O–H groups in total. The van der Waals surface area contributed by atoms with Gasteiger partial charge in [0, 0.05) is 30.2 Å². The van der Waals surface area contributed by atoms with Crippen molar-refractivity contribution in [2.75, 3.05) is 6.54 Å². The molecule has 7 fully saturated rings. The predicted octanol–water partition coefficient (Wildman–Crippen LogP) is 3.00. The van der Waals surface area contributed by atoms with Crippen LogP contribution < -0.4 is 0 Å². The van der Waals surface area contributed by atoms with Crippen LogP contribution in [0.3, 0.4) is 0 Å². The molecule has 0 amide bonds. The van der Waals surface area contributed by atoms with E-state index in [-0.39, 0.29) is 5.54 Å². The van der Waals surface area contributed by atoms with Gasteiger partial charge >= 0.3 is 0 Å². The molecule has 124 valence electrons. The number of rotatable bonds is 7. The summed E-state index contributed by atoms with van der Waals surface area (Å²) in [5, 5.41) is 21.9. The van der Waals surface area contributed by atoms with Crippen molar-refractivity contribution in [3.8, 4) is 6.07 Å². The van der Waals surface area contributed by atoms with Gasteiger partial charge in [-0.15, -0.1) is 0 Å². The SMILES string of the molecule is CCCCCCCCN1C2(O)C3C4CC5C6C4C2C6C1(C#N)C53. The summed E-state index contributed by atoms with van der Waals surface area (Å²) < 4.78 is 0. The van der Waals surface area contributed by atoms with E-state index in [0.717, 1.165) is 30.2 Å². The maximum absolute atomic E-state index is 11.7. The lowest BCUT2D eigenvalue weighted by atomic mass is 9.57. The molecular weight excluding hydrogens is 284 g/mol. The molecule has 0 spiro atoms. The van der Waals surface area contributed by atoms with Gasteiger partial charge in [-0.2, -0.15) is 5.26 Å². The smallest absolute Gasteiger partial charge is 0.126 e. The second-order valence-corrected chi connectivity index (χ2v) is 9.46. The Balaban J connectivity index is 1.26. The first-order valence-electron chi connectivity index (χ1n) is 10.1. The normalized spacial score (nSPS) is 61.8. The van der Waals surface area contributed by atoms with Crippen molar-refractivity contribution in [2.24, 2.45) is 47.3 Å². The first-order chi connectivity index (χ1) is 11.2. The number of nitriles is 1. The maximum Gasteiger partial charge on any atom is 0.126 e. The molecule has 0 aromatic rings. The minimum atomic E-state index is -0.578. The number of aliphatic hydroxyl groups is 1. The standard InChI is InChI=1S/C20H28N2O/c1-2-3-4-5-6-7-8-22-19(10-21)15-11-9-12-14-13(11)17(19)18(14)20(22,23)16(12)15/h11-18,23H,2-9H2,1H3. The fourth-order valence-electron chi connectivity index (χ4n) is 9.23. The van der Waals surface area contributed by atoms with E-state index in [2.05, 4.69) is 17.9 Å². The van der Waals surface area contributed by atoms with Crippen LogP contribution in [0.2, 0.25) is 0 Å². The third kappa shape index (κ3) is 1.08. The summed E-state index contributed by atoms with van der Waals surface area (Å²) in [6, 6.07) is 2.81. The first kappa shape index (κ1) is 13.7. The zero-order chi connectivity index (χ0) is 15.6. The average Bonchev–Trinajstić information content (AvgIpc) is 3.14. The molecule has 7 rings (SSSR count). The second-order valence-electron chi connectivity index (χ2n) is 9.46. The van der Waals surface area contributed by atoms with Crippen LogP contribution in [0.4, 0.5) is 0 Å². The van der Waals surface area contributed by atoms with E-state index in [1.54, 1.807) is 0 Å². The van der Waals surface area contributed by atoms with Crippen LogP contribution in [0.1, 0.15) is 51.9 Å². The summed E-state index contributed by atoms with van der Waals surface area (Å²) in [5.74, 6) is 5.14. The predicted molar refractivity (Wildman–Crippen MR) is 85.9 cm³/mol. The molecule has 0 aromatic carbocycles. The molecule has 2 aliphatic heterocycles. The number of hydrogen-bond donors (Lipinski definition) is 1. The highest BCUT2D eigenvalue weighted by Crippen LogP contribution is 2.92. The Kier molecular flexibility index (Phi) is 2.36. The van der Waals surface area contributed by atoms with E-state index in [9.17, 15) is 10.4 Å². The molecular formula is C20H28N2O. The van der Waals surface area contributed by atoms with Gasteiger partial charge in [0.05, 0.1) is 6.07 Å². The van der Waals surface area contributed by atoms with Gasteiger partial charge in [0.15, 0.2) is 0 Å². The topological polar surface area (TPSA) is 47.3 Å². The minimum absolute atomic E-state index is 0.259. The fourth-order valence-corrected chi connectivity index (χ4v) is 9.23. The van der Waals surface area contributed by atoms with E-state index in [1.807, 2.05) is 0 Å². The van der Waals surface area contributed by atoms with Crippen molar-refractivity contribution in [1.29, 1.82) is 5.26 Å². The molecule has 0 radical (unpaired) electrons. The van der Waals surface area contributed by atoms with Gasteiger partial charge in [0.2, 0.25) is 0 Å². The summed E-state index contributed by atoms with van der Waals surface area (Å²) >= 11 is 0. The van der Waals surface area contributed by atoms with Gasteiger partial charge in [-0.1, -0.05) is 39.0 Å². The molecule has 0 aromatic heterocycles. The van der Waals surface area contributed by atoms with Crippen LogP contribution >= 0.6 is 0 Å². The average molecular weight is 312 g/mol. The molecule has 23 heavy (non-hydrogen) atoms. The third-order valence-electron chi connectivity index (χ3n) is 9.29. The molecule has 3 nitrogen and oxygen atoms in total. The lowest BCUT2D eigenvalue weighted by Crippen LogP contribution is -2.51. The lowest BCUT2D eigenvalue weighted by molar-refractivity contribution is -0.132. The molecule has 10 atom stereocenters. The van der Waals surface area contributed by atoms with Gasteiger partial charge in [-0.05, 0) is 36.5 Å². The highest BCUT2D eigenvalue weighted by atomic mass is 16.3. The summed E-state index contributed by atoms with van der Waals surface area (Å²) in [5.41, 5.74) is -0.837. The van der Waals surface area contributed by atoms with Crippen molar-refractivity contribution in [1.82, 2.24) is 4.90 Å². The summed E-state index contributed by atoms with van der Waals surface area (Å²) in [6.07, 6.45) is 9.06. The van der Waals surface area contributed by atoms with E-state index in [1.165, 1.54) is 44.9 Å². The Labute approximate surface area is 139 Å². The van der Waals surface area contributed by atoms with Crippen molar-refractivity contribution >= 4 is 0 Å². The zero-order valence-corrected chi connectivity index (χ0v) is 14.1. The summed E-state index contributed by atoms with van der Waals surface area (Å²) in [6.45, 7) is 3.22. The maximum atomic E-state index is 11.7. The molecule has 4 bridgehead atoms. The van der Waals surface area contributed by atoms with Crippen LogP contribution in [0, 0.1) is 58.7 Å². The molecule has 2 saturated heterocycles. The lowest BCUT2D eigenvalue weighted by Gasteiger charge is -2.46. The van der Waals surface area contributed by atoms with Gasteiger partial charge < -0.3 is 5.11 Å². The van der Waals surface area contributed by atoms with Crippen LogP contribution in [0.5, 0.6) is 0 Å². The molecule has 5 saturated carbocycles. The Bertz CT molecular complexity index is 613. The molecule has 3 heteroatoms.